The van der Waals surface area contributed by atoms with Crippen molar-refractivity contribution in [2.45, 2.75) is 6.04 Å². The van der Waals surface area contributed by atoms with E-state index >= 15 is 0 Å². The van der Waals surface area contributed by atoms with Crippen molar-refractivity contribution < 1.29 is 23.5 Å². The van der Waals surface area contributed by atoms with Crippen LogP contribution in [0.2, 0.25) is 0 Å². The number of nitrogens with one attached hydrogen (secondary N) is 1. The number of nitrogens with zero attached hydrogens (tertiary/aromatic N) is 3. The highest BCUT2D eigenvalue weighted by atomic mass is 19.1. The van der Waals surface area contributed by atoms with E-state index in [1.54, 1.807) is 4.90 Å². The molecule has 0 aliphatic carbocycles. The minimum Gasteiger partial charge on any atom is -0.467 e. The molecule has 0 saturated carbocycles. The van der Waals surface area contributed by atoms with Crippen molar-refractivity contribution in [1.82, 2.24) is 20.2 Å². The molecule has 1 aromatic heterocycles. The van der Waals surface area contributed by atoms with Gasteiger partial charge in [0.15, 0.2) is 0 Å². The Labute approximate surface area is 155 Å². The van der Waals surface area contributed by atoms with Crippen molar-refractivity contribution >= 4 is 11.8 Å². The number of hydrogen-bond donors (Lipinski definition) is 1. The average molecular weight is 374 g/mol. The predicted molar refractivity (Wildman–Crippen MR) is 93.0 cm³/mol. The Morgan fingerprint density at radius 3 is 2.81 bits per heavy atom. The maximum absolute atomic E-state index is 13.3. The molecular formula is C18H19FN4O4. The maximum atomic E-state index is 13.3. The molecule has 1 atom stereocenters. The molecule has 1 fully saturated rings. The van der Waals surface area contributed by atoms with Crippen LogP contribution in [-0.4, -0.2) is 66.1 Å². The summed E-state index contributed by atoms with van der Waals surface area (Å²) in [6.07, 6.45) is 2.79. The number of methoxy groups -OCH3 is 1. The van der Waals surface area contributed by atoms with E-state index in [4.69, 9.17) is 9.47 Å². The van der Waals surface area contributed by atoms with E-state index in [1.165, 1.54) is 37.7 Å². The molecule has 3 rings (SSSR count). The zero-order valence-electron chi connectivity index (χ0n) is 14.7. The molecule has 2 heterocycles. The highest BCUT2D eigenvalue weighted by molar-refractivity contribution is 5.95. The van der Waals surface area contributed by atoms with Crippen LogP contribution in [0.3, 0.4) is 0 Å². The maximum Gasteiger partial charge on any atom is 0.316 e. The number of morpholine rings is 1. The minimum atomic E-state index is -0.486. The molecule has 1 aliphatic heterocycles. The Balaban J connectivity index is 1.65. The molecule has 142 valence electrons. The van der Waals surface area contributed by atoms with Crippen LogP contribution in [0.4, 0.5) is 4.39 Å². The first-order chi connectivity index (χ1) is 13.1. The number of ether oxygens (including phenoxy) is 2. The van der Waals surface area contributed by atoms with Gasteiger partial charge in [0.2, 0.25) is 0 Å². The van der Waals surface area contributed by atoms with Crippen molar-refractivity contribution in [1.29, 1.82) is 0 Å². The summed E-state index contributed by atoms with van der Waals surface area (Å²) in [6, 6.07) is 5.23. The third-order valence-electron chi connectivity index (χ3n) is 4.13. The number of rotatable bonds is 5. The van der Waals surface area contributed by atoms with E-state index < -0.39 is 11.7 Å². The van der Waals surface area contributed by atoms with Crippen LogP contribution in [0.15, 0.2) is 36.7 Å². The normalized spacial score (nSPS) is 16.7. The van der Waals surface area contributed by atoms with Gasteiger partial charge in [0, 0.05) is 31.0 Å². The number of carbonyl (C=O) groups is 2. The number of halogens is 1. The summed E-state index contributed by atoms with van der Waals surface area (Å²) in [5, 5.41) is 2.72. The van der Waals surface area contributed by atoms with E-state index in [1.807, 2.05) is 0 Å². The van der Waals surface area contributed by atoms with Crippen molar-refractivity contribution in [3.8, 4) is 6.01 Å². The standard InChI is InChI=1S/C18H19FN4O4/c1-26-18-21-8-13(9-22-18)17(25)23-5-6-27-11-15(23)10-20-16(24)12-3-2-4-14(19)7-12/h2-4,7-9,15H,5-6,10-11H2,1H3,(H,20,24). The highest BCUT2D eigenvalue weighted by Crippen LogP contribution is 2.13. The highest BCUT2D eigenvalue weighted by Gasteiger charge is 2.29. The van der Waals surface area contributed by atoms with Gasteiger partial charge >= 0.3 is 6.01 Å². The molecule has 0 radical (unpaired) electrons. The molecular weight excluding hydrogens is 355 g/mol. The molecule has 0 spiro atoms. The Morgan fingerprint density at radius 2 is 2.11 bits per heavy atom. The molecule has 2 amide bonds. The first kappa shape index (κ1) is 18.7. The zero-order chi connectivity index (χ0) is 19.2. The number of benzene rings is 1. The summed E-state index contributed by atoms with van der Waals surface area (Å²) >= 11 is 0. The summed E-state index contributed by atoms with van der Waals surface area (Å²) in [5.41, 5.74) is 0.535. The lowest BCUT2D eigenvalue weighted by molar-refractivity contribution is -0.00135. The van der Waals surface area contributed by atoms with Gasteiger partial charge in [-0.2, -0.15) is 0 Å². The monoisotopic (exact) mass is 374 g/mol. The van der Waals surface area contributed by atoms with E-state index in [-0.39, 0.29) is 36.7 Å². The number of hydrogen-bond acceptors (Lipinski definition) is 6. The fourth-order valence-corrected chi connectivity index (χ4v) is 2.73. The first-order valence-corrected chi connectivity index (χ1v) is 8.37. The van der Waals surface area contributed by atoms with Crippen LogP contribution in [-0.2, 0) is 4.74 Å². The Bertz CT molecular complexity index is 815. The molecule has 9 heteroatoms. The van der Waals surface area contributed by atoms with E-state index in [0.717, 1.165) is 6.07 Å². The zero-order valence-corrected chi connectivity index (χ0v) is 14.7. The van der Waals surface area contributed by atoms with Gasteiger partial charge in [0.25, 0.3) is 11.8 Å². The second-order valence-electron chi connectivity index (χ2n) is 5.91. The largest absolute Gasteiger partial charge is 0.467 e. The minimum absolute atomic E-state index is 0.174. The van der Waals surface area contributed by atoms with Gasteiger partial charge in [-0.05, 0) is 18.2 Å². The SMILES string of the molecule is COc1ncc(C(=O)N2CCOCC2CNC(=O)c2cccc(F)c2)cn1. The quantitative estimate of drug-likeness (QED) is 0.836. The number of amides is 2. The van der Waals surface area contributed by atoms with Crippen molar-refractivity contribution in [3.63, 3.8) is 0 Å². The van der Waals surface area contributed by atoms with E-state index in [2.05, 4.69) is 15.3 Å². The van der Waals surface area contributed by atoms with Gasteiger partial charge < -0.3 is 19.7 Å². The number of carbonyl (C=O) groups excluding carboxylic acids is 2. The van der Waals surface area contributed by atoms with Gasteiger partial charge in [-0.3, -0.25) is 9.59 Å². The Hall–Kier alpha value is -3.07. The molecule has 8 nitrogen and oxygen atoms in total. The predicted octanol–water partition coefficient (Wildman–Crippen LogP) is 0.895. The third kappa shape index (κ3) is 4.56. The topological polar surface area (TPSA) is 93.6 Å². The molecule has 1 N–H and O–H groups in total. The third-order valence-corrected chi connectivity index (χ3v) is 4.13. The van der Waals surface area contributed by atoms with Crippen molar-refractivity contribution in [2.75, 3.05) is 33.4 Å². The molecule has 1 unspecified atom stereocenters. The molecule has 1 aromatic carbocycles. The van der Waals surface area contributed by atoms with Crippen molar-refractivity contribution in [3.05, 3.63) is 53.6 Å². The fourth-order valence-electron chi connectivity index (χ4n) is 2.73. The van der Waals surface area contributed by atoms with Gasteiger partial charge in [0.05, 0.1) is 31.9 Å². The van der Waals surface area contributed by atoms with E-state index in [0.29, 0.717) is 18.7 Å². The van der Waals surface area contributed by atoms with Gasteiger partial charge in [0.1, 0.15) is 5.82 Å². The summed E-state index contributed by atoms with van der Waals surface area (Å²) in [6.45, 7) is 1.24. The van der Waals surface area contributed by atoms with Crippen LogP contribution >= 0.6 is 0 Å². The smallest absolute Gasteiger partial charge is 0.316 e. The second-order valence-corrected chi connectivity index (χ2v) is 5.91. The van der Waals surface area contributed by atoms with Crippen LogP contribution in [0, 0.1) is 5.82 Å². The summed E-state index contributed by atoms with van der Waals surface area (Å²) in [5.74, 6) is -1.16. The molecule has 1 aliphatic rings. The molecule has 1 saturated heterocycles. The molecule has 27 heavy (non-hydrogen) atoms. The van der Waals surface area contributed by atoms with Gasteiger partial charge in [-0.15, -0.1) is 0 Å². The second kappa shape index (κ2) is 8.54. The van der Waals surface area contributed by atoms with Crippen LogP contribution in [0.25, 0.3) is 0 Å². The number of aromatic nitrogens is 2. The molecule has 2 aromatic rings. The lowest BCUT2D eigenvalue weighted by atomic mass is 10.1. The Morgan fingerprint density at radius 1 is 1.33 bits per heavy atom. The fraction of sp³-hybridized carbons (Fsp3) is 0.333. The first-order valence-electron chi connectivity index (χ1n) is 8.37. The van der Waals surface area contributed by atoms with E-state index in [9.17, 15) is 14.0 Å². The lowest BCUT2D eigenvalue weighted by Crippen LogP contribution is -2.53. The van der Waals surface area contributed by atoms with Crippen LogP contribution in [0.5, 0.6) is 6.01 Å². The van der Waals surface area contributed by atoms with Gasteiger partial charge in [-0.25, -0.2) is 14.4 Å². The summed E-state index contributed by atoms with van der Waals surface area (Å²) in [7, 11) is 1.44. The van der Waals surface area contributed by atoms with Crippen LogP contribution < -0.4 is 10.1 Å². The van der Waals surface area contributed by atoms with Crippen molar-refractivity contribution in [2.24, 2.45) is 0 Å². The molecule has 0 bridgehead atoms. The summed E-state index contributed by atoms with van der Waals surface area (Å²) in [4.78, 5) is 34.5. The summed E-state index contributed by atoms with van der Waals surface area (Å²) < 4.78 is 23.6. The lowest BCUT2D eigenvalue weighted by Gasteiger charge is -2.35. The van der Waals surface area contributed by atoms with Crippen LogP contribution in [0.1, 0.15) is 20.7 Å². The average Bonchev–Trinajstić information content (AvgIpc) is 2.71. The van der Waals surface area contributed by atoms with Gasteiger partial charge in [-0.1, -0.05) is 6.07 Å². The Kier molecular flexibility index (Phi) is 5.92.